The summed E-state index contributed by atoms with van der Waals surface area (Å²) < 4.78 is 4.94. The van der Waals surface area contributed by atoms with Crippen LogP contribution in [0.4, 0.5) is 0 Å². The van der Waals surface area contributed by atoms with Crippen molar-refractivity contribution in [3.63, 3.8) is 0 Å². The van der Waals surface area contributed by atoms with Crippen molar-refractivity contribution >= 4 is 5.97 Å². The lowest BCUT2D eigenvalue weighted by Gasteiger charge is -2.23. The number of carbonyl (C=O) groups excluding carboxylic acids is 1. The molecule has 0 bridgehead atoms. The van der Waals surface area contributed by atoms with Crippen LogP contribution >= 0.6 is 0 Å². The smallest absolute Gasteiger partial charge is 0.314 e. The fourth-order valence-electron chi connectivity index (χ4n) is 2.82. The third-order valence-corrected chi connectivity index (χ3v) is 4.12. The van der Waals surface area contributed by atoms with Gasteiger partial charge in [0.15, 0.2) is 0 Å². The topological polar surface area (TPSA) is 49.8 Å². The van der Waals surface area contributed by atoms with E-state index in [1.807, 2.05) is 37.3 Å². The van der Waals surface area contributed by atoms with E-state index in [1.54, 1.807) is 0 Å². The van der Waals surface area contributed by atoms with Crippen molar-refractivity contribution in [2.45, 2.75) is 25.4 Å². The van der Waals surface area contributed by atoms with Crippen molar-refractivity contribution in [3.8, 4) is 0 Å². The number of carbonyl (C=O) groups is 1. The van der Waals surface area contributed by atoms with Crippen LogP contribution in [-0.4, -0.2) is 48.8 Å². The second-order valence-electron chi connectivity index (χ2n) is 5.54. The molecule has 3 atom stereocenters. The molecule has 2 rings (SSSR count). The first-order valence-electron chi connectivity index (χ1n) is 7.15. The number of aliphatic hydroxyl groups excluding tert-OH is 1. The van der Waals surface area contributed by atoms with Crippen LogP contribution in [-0.2, 0) is 9.53 Å². The molecule has 4 nitrogen and oxygen atoms in total. The monoisotopic (exact) mass is 277 g/mol. The van der Waals surface area contributed by atoms with Gasteiger partial charge >= 0.3 is 5.97 Å². The fourth-order valence-corrected chi connectivity index (χ4v) is 2.82. The Morgan fingerprint density at radius 3 is 2.70 bits per heavy atom. The van der Waals surface area contributed by atoms with Gasteiger partial charge in [-0.25, -0.2) is 0 Å². The summed E-state index contributed by atoms with van der Waals surface area (Å²) in [5, 5.41) is 9.66. The van der Waals surface area contributed by atoms with E-state index in [-0.39, 0.29) is 18.0 Å². The zero-order valence-electron chi connectivity index (χ0n) is 12.2. The Hall–Kier alpha value is -1.39. The normalized spacial score (nSPS) is 22.4. The molecule has 1 heterocycles. The third kappa shape index (κ3) is 3.58. The Bertz CT molecular complexity index is 433. The summed E-state index contributed by atoms with van der Waals surface area (Å²) in [7, 11) is 1.43. The van der Waals surface area contributed by atoms with Gasteiger partial charge in [-0.15, -0.1) is 0 Å². The first kappa shape index (κ1) is 15.0. The van der Waals surface area contributed by atoms with Crippen LogP contribution < -0.4 is 0 Å². The van der Waals surface area contributed by atoms with Crippen molar-refractivity contribution in [1.29, 1.82) is 0 Å². The molecule has 110 valence electrons. The van der Waals surface area contributed by atoms with Crippen LogP contribution in [0, 0.1) is 5.92 Å². The van der Waals surface area contributed by atoms with E-state index in [2.05, 4.69) is 4.90 Å². The van der Waals surface area contributed by atoms with Gasteiger partial charge in [0.2, 0.25) is 0 Å². The van der Waals surface area contributed by atoms with E-state index < -0.39 is 0 Å². The standard InChI is InChI=1S/C16H23NO3/c1-12(18)14-8-9-17(10-14)11-15(16(19)20-2)13-6-4-3-5-7-13/h3-7,12,14-15,18H,8-11H2,1-2H3. The highest BCUT2D eigenvalue weighted by atomic mass is 16.5. The summed E-state index contributed by atoms with van der Waals surface area (Å²) in [4.78, 5) is 14.3. The van der Waals surface area contributed by atoms with Gasteiger partial charge in [0, 0.05) is 13.1 Å². The van der Waals surface area contributed by atoms with Gasteiger partial charge in [-0.05, 0) is 31.4 Å². The minimum absolute atomic E-state index is 0.198. The average Bonchev–Trinajstić information content (AvgIpc) is 2.94. The van der Waals surface area contributed by atoms with Crippen LogP contribution in [0.5, 0.6) is 0 Å². The molecule has 0 amide bonds. The van der Waals surface area contributed by atoms with Gasteiger partial charge in [0.25, 0.3) is 0 Å². The molecule has 0 radical (unpaired) electrons. The van der Waals surface area contributed by atoms with Crippen molar-refractivity contribution in [2.75, 3.05) is 26.7 Å². The minimum Gasteiger partial charge on any atom is -0.469 e. The number of nitrogens with zero attached hydrogens (tertiary/aromatic N) is 1. The summed E-state index contributed by atoms with van der Waals surface area (Å²) in [6, 6.07) is 9.74. The predicted molar refractivity (Wildman–Crippen MR) is 77.4 cm³/mol. The molecule has 0 spiro atoms. The molecule has 0 saturated carbocycles. The van der Waals surface area contributed by atoms with E-state index in [4.69, 9.17) is 4.74 Å². The van der Waals surface area contributed by atoms with Crippen LogP contribution in [0.1, 0.15) is 24.8 Å². The molecule has 1 saturated heterocycles. The molecule has 20 heavy (non-hydrogen) atoms. The lowest BCUT2D eigenvalue weighted by Crippen LogP contribution is -2.32. The molecular weight excluding hydrogens is 254 g/mol. The first-order valence-corrected chi connectivity index (χ1v) is 7.15. The quantitative estimate of drug-likeness (QED) is 0.831. The SMILES string of the molecule is COC(=O)C(CN1CCC(C(C)O)C1)c1ccccc1. The largest absolute Gasteiger partial charge is 0.469 e. The number of esters is 1. The summed E-state index contributed by atoms with van der Waals surface area (Å²) >= 11 is 0. The van der Waals surface area contributed by atoms with E-state index in [1.165, 1.54) is 7.11 Å². The zero-order valence-corrected chi connectivity index (χ0v) is 12.2. The Kier molecular flexibility index (Phi) is 5.15. The van der Waals surface area contributed by atoms with Crippen LogP contribution in [0.3, 0.4) is 0 Å². The van der Waals surface area contributed by atoms with Crippen molar-refractivity contribution in [3.05, 3.63) is 35.9 Å². The highest BCUT2D eigenvalue weighted by Crippen LogP contribution is 2.24. The molecule has 1 aliphatic heterocycles. The number of hydrogen-bond donors (Lipinski definition) is 1. The Balaban J connectivity index is 2.04. The van der Waals surface area contributed by atoms with E-state index >= 15 is 0 Å². The predicted octanol–water partition coefficient (Wildman–Crippen LogP) is 1.65. The molecule has 3 unspecified atom stereocenters. The molecule has 1 aromatic rings. The lowest BCUT2D eigenvalue weighted by atomic mass is 9.98. The summed E-state index contributed by atoms with van der Waals surface area (Å²) in [5.41, 5.74) is 0.986. The van der Waals surface area contributed by atoms with E-state index in [0.717, 1.165) is 25.1 Å². The molecule has 1 aromatic carbocycles. The molecule has 1 fully saturated rings. The Morgan fingerprint density at radius 1 is 1.45 bits per heavy atom. The zero-order chi connectivity index (χ0) is 14.5. The van der Waals surface area contributed by atoms with E-state index in [0.29, 0.717) is 12.5 Å². The molecular formula is C16H23NO3. The minimum atomic E-state index is -0.284. The third-order valence-electron chi connectivity index (χ3n) is 4.12. The number of methoxy groups -OCH3 is 1. The van der Waals surface area contributed by atoms with Crippen molar-refractivity contribution in [1.82, 2.24) is 4.90 Å². The Labute approximate surface area is 120 Å². The highest BCUT2D eigenvalue weighted by Gasteiger charge is 2.30. The fraction of sp³-hybridized carbons (Fsp3) is 0.562. The van der Waals surface area contributed by atoms with Crippen LogP contribution in [0.2, 0.25) is 0 Å². The van der Waals surface area contributed by atoms with Crippen LogP contribution in [0.25, 0.3) is 0 Å². The number of rotatable bonds is 5. The first-order chi connectivity index (χ1) is 9.61. The van der Waals surface area contributed by atoms with Crippen LogP contribution in [0.15, 0.2) is 30.3 Å². The molecule has 0 aromatic heterocycles. The van der Waals surface area contributed by atoms with Gasteiger partial charge < -0.3 is 14.7 Å². The van der Waals surface area contributed by atoms with Gasteiger partial charge in [-0.2, -0.15) is 0 Å². The number of benzene rings is 1. The number of aliphatic hydroxyl groups is 1. The molecule has 1 N–H and O–H groups in total. The lowest BCUT2D eigenvalue weighted by molar-refractivity contribution is -0.142. The molecule has 4 heteroatoms. The van der Waals surface area contributed by atoms with Gasteiger partial charge in [0.1, 0.15) is 0 Å². The maximum absolute atomic E-state index is 12.0. The second kappa shape index (κ2) is 6.86. The summed E-state index contributed by atoms with van der Waals surface area (Å²) in [5.74, 6) is -0.144. The second-order valence-corrected chi connectivity index (χ2v) is 5.54. The average molecular weight is 277 g/mol. The van der Waals surface area contributed by atoms with Gasteiger partial charge in [-0.1, -0.05) is 30.3 Å². The van der Waals surface area contributed by atoms with Crippen molar-refractivity contribution < 1.29 is 14.6 Å². The van der Waals surface area contributed by atoms with Gasteiger partial charge in [0.05, 0.1) is 19.1 Å². The number of hydrogen-bond acceptors (Lipinski definition) is 4. The maximum Gasteiger partial charge on any atom is 0.314 e. The Morgan fingerprint density at radius 2 is 2.15 bits per heavy atom. The number of ether oxygens (including phenoxy) is 1. The summed E-state index contributed by atoms with van der Waals surface area (Å²) in [6.45, 7) is 4.26. The molecule has 1 aliphatic rings. The molecule has 0 aliphatic carbocycles. The van der Waals surface area contributed by atoms with E-state index in [9.17, 15) is 9.90 Å². The van der Waals surface area contributed by atoms with Gasteiger partial charge in [-0.3, -0.25) is 4.79 Å². The maximum atomic E-state index is 12.0. The van der Waals surface area contributed by atoms with Crippen molar-refractivity contribution in [2.24, 2.45) is 5.92 Å². The number of likely N-dealkylation sites (tertiary alicyclic amines) is 1. The highest BCUT2D eigenvalue weighted by molar-refractivity contribution is 5.78. The summed E-state index contributed by atoms with van der Waals surface area (Å²) in [6.07, 6.45) is 0.702.